The minimum absolute atomic E-state index is 0.0896. The van der Waals surface area contributed by atoms with E-state index in [9.17, 15) is 9.59 Å². The van der Waals surface area contributed by atoms with Gasteiger partial charge in [0.15, 0.2) is 0 Å². The maximum Gasteiger partial charge on any atom is 0.320 e. The molecule has 7 N–H and O–H groups in total. The van der Waals surface area contributed by atoms with Crippen molar-refractivity contribution in [2.75, 3.05) is 13.2 Å². The first-order valence-electron chi connectivity index (χ1n) is 6.95. The lowest BCUT2D eigenvalue weighted by atomic mass is 10.2. The van der Waals surface area contributed by atoms with Crippen LogP contribution in [-0.2, 0) is 16.0 Å². The number of aliphatic carboxylic acids is 2. The molecule has 1 heterocycles. The Morgan fingerprint density at radius 3 is 2.50 bits per heavy atom. The van der Waals surface area contributed by atoms with E-state index < -0.39 is 24.0 Å². The molecule has 0 bridgehead atoms. The molecule has 0 aliphatic rings. The van der Waals surface area contributed by atoms with Crippen LogP contribution in [0.1, 0.15) is 25.5 Å². The van der Waals surface area contributed by atoms with Crippen molar-refractivity contribution in [2.45, 2.75) is 38.3 Å². The Bertz CT molecular complexity index is 424. The number of H-pyrrole nitrogens is 1. The minimum atomic E-state index is -1.00. The molecule has 1 rings (SSSR count). The molecule has 0 unspecified atom stereocenters. The first-order valence-corrected chi connectivity index (χ1v) is 6.95. The van der Waals surface area contributed by atoms with E-state index in [4.69, 9.17) is 21.1 Å². The summed E-state index contributed by atoms with van der Waals surface area (Å²) in [6.07, 6.45) is 4.51. The highest BCUT2D eigenvalue weighted by Gasteiger charge is 2.14. The van der Waals surface area contributed by atoms with Gasteiger partial charge in [0.05, 0.1) is 6.33 Å². The molecule has 0 spiro atoms. The standard InChI is InChI=1S/C7H15NO3.C6H9N3O2/c1-2-4-8-6(3-5-9)7(10)11;7-5(6(10)11)1-4-2-8-3-9-4/h6,8-9H,2-5H2,1H3,(H,10,11);2-3,5H,1,7H2,(H,8,9)(H,10,11)/t6-;5-/m00/s1. The second-order valence-corrected chi connectivity index (χ2v) is 4.58. The average molecular weight is 316 g/mol. The summed E-state index contributed by atoms with van der Waals surface area (Å²) in [5, 5.41) is 28.3. The molecule has 9 heteroatoms. The van der Waals surface area contributed by atoms with E-state index in [2.05, 4.69) is 15.3 Å². The average Bonchev–Trinajstić information content (AvgIpc) is 2.96. The van der Waals surface area contributed by atoms with Gasteiger partial charge in [-0.1, -0.05) is 6.92 Å². The molecule has 0 fully saturated rings. The Hall–Kier alpha value is -1.97. The first kappa shape index (κ1) is 20.0. The maximum atomic E-state index is 10.4. The van der Waals surface area contributed by atoms with Crippen molar-refractivity contribution in [3.63, 3.8) is 0 Å². The summed E-state index contributed by atoms with van der Waals surface area (Å²) in [7, 11) is 0. The lowest BCUT2D eigenvalue weighted by Crippen LogP contribution is -2.37. The number of carbonyl (C=O) groups is 2. The van der Waals surface area contributed by atoms with Gasteiger partial charge in [-0.25, -0.2) is 4.98 Å². The Morgan fingerprint density at radius 2 is 2.09 bits per heavy atom. The van der Waals surface area contributed by atoms with Gasteiger partial charge in [0.1, 0.15) is 12.1 Å². The summed E-state index contributed by atoms with van der Waals surface area (Å²) in [5.41, 5.74) is 6.00. The van der Waals surface area contributed by atoms with Crippen LogP contribution < -0.4 is 11.1 Å². The van der Waals surface area contributed by atoms with Crippen molar-refractivity contribution >= 4 is 11.9 Å². The first-order chi connectivity index (χ1) is 10.4. The predicted octanol–water partition coefficient (Wildman–Crippen LogP) is -0.814. The van der Waals surface area contributed by atoms with E-state index >= 15 is 0 Å². The van der Waals surface area contributed by atoms with Gasteiger partial charge in [0, 0.05) is 24.9 Å². The van der Waals surface area contributed by atoms with Crippen LogP contribution in [0.3, 0.4) is 0 Å². The molecular formula is C13H24N4O5. The highest BCUT2D eigenvalue weighted by Crippen LogP contribution is 1.95. The quantitative estimate of drug-likeness (QED) is 0.344. The zero-order valence-corrected chi connectivity index (χ0v) is 12.5. The van der Waals surface area contributed by atoms with Gasteiger partial charge in [-0.15, -0.1) is 0 Å². The number of imidazole rings is 1. The van der Waals surface area contributed by atoms with Crippen LogP contribution in [0.15, 0.2) is 12.5 Å². The predicted molar refractivity (Wildman–Crippen MR) is 79.3 cm³/mol. The highest BCUT2D eigenvalue weighted by molar-refractivity contribution is 5.73. The number of carboxylic acids is 2. The fourth-order valence-corrected chi connectivity index (χ4v) is 1.48. The van der Waals surface area contributed by atoms with Crippen LogP contribution in [0.25, 0.3) is 0 Å². The number of aliphatic hydroxyl groups excluding tert-OH is 1. The van der Waals surface area contributed by atoms with Crippen LogP contribution >= 0.6 is 0 Å². The van der Waals surface area contributed by atoms with Crippen molar-refractivity contribution in [3.05, 3.63) is 18.2 Å². The van der Waals surface area contributed by atoms with Crippen molar-refractivity contribution in [1.29, 1.82) is 0 Å². The summed E-state index contributed by atoms with van der Waals surface area (Å²) >= 11 is 0. The SMILES string of the molecule is CCCN[C@@H](CCO)C(=O)O.N[C@@H](Cc1cnc[nH]1)C(=O)O. The fraction of sp³-hybridized carbons (Fsp3) is 0.615. The van der Waals surface area contributed by atoms with Gasteiger partial charge in [0.2, 0.25) is 0 Å². The second kappa shape index (κ2) is 11.7. The Kier molecular flexibility index (Phi) is 10.6. The molecule has 22 heavy (non-hydrogen) atoms. The number of aromatic nitrogens is 2. The third kappa shape index (κ3) is 9.06. The summed E-state index contributed by atoms with van der Waals surface area (Å²) in [5.74, 6) is -1.90. The molecule has 0 radical (unpaired) electrons. The van der Waals surface area contributed by atoms with Gasteiger partial charge in [-0.05, 0) is 19.4 Å². The molecule has 0 saturated carbocycles. The molecule has 0 amide bonds. The third-order valence-electron chi connectivity index (χ3n) is 2.67. The van der Waals surface area contributed by atoms with E-state index in [0.717, 1.165) is 12.1 Å². The lowest BCUT2D eigenvalue weighted by Gasteiger charge is -2.11. The van der Waals surface area contributed by atoms with Crippen LogP contribution in [0.4, 0.5) is 0 Å². The second-order valence-electron chi connectivity index (χ2n) is 4.58. The smallest absolute Gasteiger partial charge is 0.320 e. The molecule has 0 aliphatic carbocycles. The number of hydrogen-bond donors (Lipinski definition) is 6. The maximum absolute atomic E-state index is 10.4. The van der Waals surface area contributed by atoms with Crippen LogP contribution in [-0.4, -0.2) is 62.5 Å². The molecule has 0 aliphatic heterocycles. The number of nitrogens with one attached hydrogen (secondary N) is 2. The number of carboxylic acid groups (broad SMARTS) is 2. The number of hydrogen-bond acceptors (Lipinski definition) is 6. The third-order valence-corrected chi connectivity index (χ3v) is 2.67. The zero-order valence-electron chi connectivity index (χ0n) is 12.5. The van der Waals surface area contributed by atoms with Gasteiger partial charge >= 0.3 is 11.9 Å². The zero-order chi connectivity index (χ0) is 17.0. The fourth-order valence-electron chi connectivity index (χ4n) is 1.48. The van der Waals surface area contributed by atoms with E-state index in [-0.39, 0.29) is 19.4 Å². The number of nitrogens with zero attached hydrogens (tertiary/aromatic N) is 1. The lowest BCUT2D eigenvalue weighted by molar-refractivity contribution is -0.140. The molecule has 0 saturated heterocycles. The number of nitrogens with two attached hydrogens (primary N) is 1. The monoisotopic (exact) mass is 316 g/mol. The number of aromatic amines is 1. The highest BCUT2D eigenvalue weighted by atomic mass is 16.4. The summed E-state index contributed by atoms with van der Waals surface area (Å²) in [6, 6.07) is -1.45. The van der Waals surface area contributed by atoms with Crippen molar-refractivity contribution in [2.24, 2.45) is 5.73 Å². The topological polar surface area (TPSA) is 162 Å². The Morgan fingerprint density at radius 1 is 1.41 bits per heavy atom. The number of aliphatic hydroxyl groups is 1. The van der Waals surface area contributed by atoms with Gasteiger partial charge < -0.3 is 31.4 Å². The van der Waals surface area contributed by atoms with Crippen molar-refractivity contribution in [3.8, 4) is 0 Å². The minimum Gasteiger partial charge on any atom is -0.480 e. The van der Waals surface area contributed by atoms with Gasteiger partial charge in [0.25, 0.3) is 0 Å². The summed E-state index contributed by atoms with van der Waals surface area (Å²) in [4.78, 5) is 27.2. The van der Waals surface area contributed by atoms with E-state index in [1.54, 1.807) is 6.20 Å². The van der Waals surface area contributed by atoms with Crippen molar-refractivity contribution < 1.29 is 24.9 Å². The van der Waals surface area contributed by atoms with Crippen LogP contribution in [0.2, 0.25) is 0 Å². The van der Waals surface area contributed by atoms with Crippen molar-refractivity contribution in [1.82, 2.24) is 15.3 Å². The molecule has 1 aromatic heterocycles. The molecule has 2 atom stereocenters. The summed E-state index contributed by atoms with van der Waals surface area (Å²) < 4.78 is 0. The molecule has 9 nitrogen and oxygen atoms in total. The normalized spacial score (nSPS) is 12.9. The Balaban J connectivity index is 0.000000401. The number of rotatable bonds is 9. The van der Waals surface area contributed by atoms with E-state index in [1.165, 1.54) is 6.33 Å². The molecular weight excluding hydrogens is 292 g/mol. The van der Waals surface area contributed by atoms with E-state index in [1.807, 2.05) is 6.92 Å². The molecule has 1 aromatic rings. The van der Waals surface area contributed by atoms with Crippen LogP contribution in [0.5, 0.6) is 0 Å². The Labute approximate surface area is 128 Å². The van der Waals surface area contributed by atoms with Crippen LogP contribution in [0, 0.1) is 0 Å². The van der Waals surface area contributed by atoms with Gasteiger partial charge in [-0.2, -0.15) is 0 Å². The molecule has 126 valence electrons. The van der Waals surface area contributed by atoms with E-state index in [0.29, 0.717) is 6.54 Å². The molecule has 0 aromatic carbocycles. The summed E-state index contributed by atoms with van der Waals surface area (Å²) in [6.45, 7) is 2.55. The largest absolute Gasteiger partial charge is 0.480 e. The van der Waals surface area contributed by atoms with Gasteiger partial charge in [-0.3, -0.25) is 9.59 Å².